The molecule has 0 aliphatic rings. The molecule has 1 aromatic carbocycles. The Labute approximate surface area is 105 Å². The van der Waals surface area contributed by atoms with Crippen molar-refractivity contribution in [1.29, 1.82) is 0 Å². The van der Waals surface area contributed by atoms with Gasteiger partial charge in [-0.3, -0.25) is 0 Å². The van der Waals surface area contributed by atoms with Crippen molar-refractivity contribution in [2.45, 2.75) is 13.1 Å². The van der Waals surface area contributed by atoms with Crippen LogP contribution in [0.2, 0.25) is 0 Å². The maximum absolute atomic E-state index is 5.75. The van der Waals surface area contributed by atoms with Gasteiger partial charge in [-0.05, 0) is 17.7 Å². The summed E-state index contributed by atoms with van der Waals surface area (Å²) in [4.78, 5) is 0. The molecular weight excluding hydrogens is 226 g/mol. The minimum Gasteiger partial charge on any atom is -0.340 e. The monoisotopic (exact) mass is 241 g/mol. The molecule has 0 atom stereocenters. The number of fused-ring (bicyclic) bond motifs is 1. The predicted molar refractivity (Wildman–Crippen MR) is 69.9 cm³/mol. The number of hydrogen-bond donors (Lipinski definition) is 1. The molecule has 0 fully saturated rings. The zero-order chi connectivity index (χ0) is 12.5. The molecule has 0 unspecified atom stereocenters. The van der Waals surface area contributed by atoms with Crippen LogP contribution in [0.3, 0.4) is 0 Å². The van der Waals surface area contributed by atoms with Crippen molar-refractivity contribution in [3.8, 4) is 0 Å². The minimum atomic E-state index is 0.561. The van der Waals surface area contributed by atoms with Gasteiger partial charge in [0, 0.05) is 30.7 Å². The average Bonchev–Trinajstić information content (AvgIpc) is 2.97. The van der Waals surface area contributed by atoms with E-state index in [1.165, 1.54) is 16.5 Å². The fourth-order valence-electron chi connectivity index (χ4n) is 2.21. The third kappa shape index (κ3) is 1.69. The predicted octanol–water partition coefficient (Wildman–Crippen LogP) is 1.28. The van der Waals surface area contributed by atoms with Crippen LogP contribution in [0.4, 0.5) is 0 Å². The number of aromatic nitrogens is 4. The number of aryl methyl sites for hydroxylation is 1. The lowest BCUT2D eigenvalue weighted by Gasteiger charge is -2.06. The first-order valence-electron chi connectivity index (χ1n) is 5.89. The van der Waals surface area contributed by atoms with Crippen molar-refractivity contribution < 1.29 is 0 Å². The number of rotatable bonds is 3. The van der Waals surface area contributed by atoms with Crippen LogP contribution in [0.25, 0.3) is 10.9 Å². The van der Waals surface area contributed by atoms with Crippen LogP contribution in [0.5, 0.6) is 0 Å². The molecule has 92 valence electrons. The Morgan fingerprint density at radius 1 is 1.28 bits per heavy atom. The third-order valence-corrected chi connectivity index (χ3v) is 3.24. The summed E-state index contributed by atoms with van der Waals surface area (Å²) in [5.41, 5.74) is 8.10. The Morgan fingerprint density at radius 2 is 2.17 bits per heavy atom. The lowest BCUT2D eigenvalue weighted by molar-refractivity contribution is 0.716. The molecule has 3 rings (SSSR count). The fraction of sp³-hybridized carbons (Fsp3) is 0.231. The second-order valence-electron chi connectivity index (χ2n) is 4.36. The van der Waals surface area contributed by atoms with E-state index in [2.05, 4.69) is 39.2 Å². The molecule has 5 nitrogen and oxygen atoms in total. The van der Waals surface area contributed by atoms with Gasteiger partial charge in [0.1, 0.15) is 6.33 Å². The van der Waals surface area contributed by atoms with Crippen molar-refractivity contribution >= 4 is 10.9 Å². The van der Waals surface area contributed by atoms with Gasteiger partial charge in [-0.15, -0.1) is 10.2 Å². The summed E-state index contributed by atoms with van der Waals surface area (Å²) in [6, 6.07) is 8.31. The standard InChI is InChI=1S/C13H15N5/c1-17-9-15-16-13(17)8-18-6-5-11-10(7-14)3-2-4-12(11)18/h2-6,9H,7-8,14H2,1H3. The summed E-state index contributed by atoms with van der Waals surface area (Å²) in [5.74, 6) is 0.936. The van der Waals surface area contributed by atoms with Crippen LogP contribution >= 0.6 is 0 Å². The van der Waals surface area contributed by atoms with Crippen molar-refractivity contribution in [2.24, 2.45) is 12.8 Å². The highest BCUT2D eigenvalue weighted by Crippen LogP contribution is 2.20. The molecule has 2 heterocycles. The molecule has 0 saturated carbocycles. The molecule has 0 amide bonds. The number of benzene rings is 1. The van der Waals surface area contributed by atoms with Gasteiger partial charge in [0.2, 0.25) is 0 Å². The number of nitrogens with two attached hydrogens (primary N) is 1. The molecular formula is C13H15N5. The second-order valence-corrected chi connectivity index (χ2v) is 4.36. The largest absolute Gasteiger partial charge is 0.340 e. The maximum Gasteiger partial charge on any atom is 0.152 e. The van der Waals surface area contributed by atoms with Gasteiger partial charge in [0.05, 0.1) is 6.54 Å². The van der Waals surface area contributed by atoms with Gasteiger partial charge in [-0.2, -0.15) is 0 Å². The van der Waals surface area contributed by atoms with Gasteiger partial charge in [-0.25, -0.2) is 0 Å². The van der Waals surface area contributed by atoms with Crippen LogP contribution in [-0.2, 0) is 20.1 Å². The van der Waals surface area contributed by atoms with E-state index in [1.807, 2.05) is 17.7 Å². The second kappa shape index (κ2) is 4.27. The summed E-state index contributed by atoms with van der Waals surface area (Å²) in [6.45, 7) is 1.28. The molecule has 0 aliphatic carbocycles. The van der Waals surface area contributed by atoms with E-state index in [9.17, 15) is 0 Å². The molecule has 0 saturated heterocycles. The van der Waals surface area contributed by atoms with Crippen LogP contribution < -0.4 is 5.73 Å². The van der Waals surface area contributed by atoms with Crippen LogP contribution in [0, 0.1) is 0 Å². The zero-order valence-electron chi connectivity index (χ0n) is 10.2. The molecule has 0 radical (unpaired) electrons. The summed E-state index contributed by atoms with van der Waals surface area (Å²) < 4.78 is 4.09. The van der Waals surface area contributed by atoms with Gasteiger partial charge < -0.3 is 14.9 Å². The van der Waals surface area contributed by atoms with Crippen molar-refractivity contribution in [1.82, 2.24) is 19.3 Å². The van der Waals surface area contributed by atoms with Crippen molar-refractivity contribution in [3.05, 3.63) is 48.2 Å². The molecule has 2 aromatic heterocycles. The average molecular weight is 241 g/mol. The van der Waals surface area contributed by atoms with Crippen molar-refractivity contribution in [3.63, 3.8) is 0 Å². The maximum atomic E-state index is 5.75. The summed E-state index contributed by atoms with van der Waals surface area (Å²) in [5, 5.41) is 9.21. The van der Waals surface area contributed by atoms with E-state index in [4.69, 9.17) is 5.73 Å². The van der Waals surface area contributed by atoms with Gasteiger partial charge in [0.15, 0.2) is 5.82 Å². The SMILES string of the molecule is Cn1cnnc1Cn1ccc2c(CN)cccc21. The number of hydrogen-bond acceptors (Lipinski definition) is 3. The van der Waals surface area contributed by atoms with Crippen molar-refractivity contribution in [2.75, 3.05) is 0 Å². The molecule has 0 spiro atoms. The lowest BCUT2D eigenvalue weighted by Crippen LogP contribution is -2.05. The van der Waals surface area contributed by atoms with E-state index in [1.54, 1.807) is 6.33 Å². The summed E-state index contributed by atoms with van der Waals surface area (Å²) >= 11 is 0. The molecule has 0 aliphatic heterocycles. The Balaban J connectivity index is 2.06. The topological polar surface area (TPSA) is 61.7 Å². The highest BCUT2D eigenvalue weighted by atomic mass is 15.3. The summed E-state index contributed by atoms with van der Waals surface area (Å²) in [6.07, 6.45) is 3.78. The Hall–Kier alpha value is -2.14. The first kappa shape index (κ1) is 11.0. The highest BCUT2D eigenvalue weighted by molar-refractivity contribution is 5.83. The molecule has 2 N–H and O–H groups in total. The van der Waals surface area contributed by atoms with Crippen LogP contribution in [0.1, 0.15) is 11.4 Å². The van der Waals surface area contributed by atoms with E-state index in [0.29, 0.717) is 13.1 Å². The normalized spacial score (nSPS) is 11.2. The molecule has 0 bridgehead atoms. The van der Waals surface area contributed by atoms with Gasteiger partial charge >= 0.3 is 0 Å². The first-order valence-corrected chi connectivity index (χ1v) is 5.89. The van der Waals surface area contributed by atoms with Crippen LogP contribution in [0.15, 0.2) is 36.8 Å². The van der Waals surface area contributed by atoms with Gasteiger partial charge in [-0.1, -0.05) is 12.1 Å². The molecule has 18 heavy (non-hydrogen) atoms. The van der Waals surface area contributed by atoms with E-state index >= 15 is 0 Å². The van der Waals surface area contributed by atoms with Crippen LogP contribution in [-0.4, -0.2) is 19.3 Å². The van der Waals surface area contributed by atoms with Gasteiger partial charge in [0.25, 0.3) is 0 Å². The number of nitrogens with zero attached hydrogens (tertiary/aromatic N) is 4. The quantitative estimate of drug-likeness (QED) is 0.751. The Morgan fingerprint density at radius 3 is 2.89 bits per heavy atom. The van der Waals surface area contributed by atoms with E-state index < -0.39 is 0 Å². The fourth-order valence-corrected chi connectivity index (χ4v) is 2.21. The molecule has 5 heteroatoms. The van der Waals surface area contributed by atoms with E-state index in [-0.39, 0.29) is 0 Å². The Kier molecular flexibility index (Phi) is 2.60. The Bertz CT molecular complexity index is 680. The zero-order valence-corrected chi connectivity index (χ0v) is 10.2. The summed E-state index contributed by atoms with van der Waals surface area (Å²) in [7, 11) is 1.95. The smallest absolute Gasteiger partial charge is 0.152 e. The first-order chi connectivity index (χ1) is 8.79. The minimum absolute atomic E-state index is 0.561. The highest BCUT2D eigenvalue weighted by Gasteiger charge is 2.07. The lowest BCUT2D eigenvalue weighted by atomic mass is 10.1. The third-order valence-electron chi connectivity index (χ3n) is 3.24. The van der Waals surface area contributed by atoms with E-state index in [0.717, 1.165) is 5.82 Å². The molecule has 3 aromatic rings.